The molecule has 0 fully saturated rings. The van der Waals surface area contributed by atoms with Crippen molar-refractivity contribution in [2.45, 2.75) is 45.4 Å². The minimum atomic E-state index is -4.70. The van der Waals surface area contributed by atoms with Crippen molar-refractivity contribution in [1.82, 2.24) is 0 Å². The summed E-state index contributed by atoms with van der Waals surface area (Å²) in [6.45, 7) is 3.56. The Labute approximate surface area is 193 Å². The van der Waals surface area contributed by atoms with Crippen LogP contribution in [0, 0.1) is 0 Å². The smallest absolute Gasteiger partial charge is 0.491 e. The molecule has 0 amide bonds. The summed E-state index contributed by atoms with van der Waals surface area (Å²) < 4.78 is 47.2. The van der Waals surface area contributed by atoms with Gasteiger partial charge < -0.3 is 14.8 Å². The van der Waals surface area contributed by atoms with Crippen LogP contribution in [-0.2, 0) is 6.42 Å². The number of halogens is 3. The van der Waals surface area contributed by atoms with Crippen LogP contribution in [0.1, 0.15) is 38.2 Å². The number of alkyl halides is 3. The van der Waals surface area contributed by atoms with Crippen molar-refractivity contribution < 1.29 is 22.6 Å². The average molecular weight is 458 g/mol. The van der Waals surface area contributed by atoms with Crippen molar-refractivity contribution in [1.29, 1.82) is 0 Å². The summed E-state index contributed by atoms with van der Waals surface area (Å²) in [4.78, 5) is 0. The maximum Gasteiger partial charge on any atom is 0.573 e. The summed E-state index contributed by atoms with van der Waals surface area (Å²) in [6.07, 6.45) is 0.442. The van der Waals surface area contributed by atoms with Crippen LogP contribution in [0.25, 0.3) is 11.1 Å². The molecule has 0 bridgehead atoms. The first kappa shape index (κ1) is 24.5. The van der Waals surface area contributed by atoms with E-state index in [1.165, 1.54) is 17.7 Å². The molecule has 176 valence electrons. The summed E-state index contributed by atoms with van der Waals surface area (Å²) >= 11 is 0. The van der Waals surface area contributed by atoms with Crippen LogP contribution in [0.2, 0.25) is 0 Å². The van der Waals surface area contributed by atoms with E-state index in [1.54, 1.807) is 12.1 Å². The molecule has 0 spiro atoms. The topological polar surface area (TPSA) is 30.5 Å². The molecule has 3 rings (SSSR count). The van der Waals surface area contributed by atoms with Crippen LogP contribution in [0.5, 0.6) is 11.5 Å². The number of aryl methyl sites for hydroxylation is 1. The minimum absolute atomic E-state index is 0.234. The van der Waals surface area contributed by atoms with E-state index in [1.807, 2.05) is 24.3 Å². The molecule has 3 nitrogen and oxygen atoms in total. The standard InChI is InChI=1S/C27H30F3NO2/c1-2-3-19-32-26-17-14-23(22-12-15-24(16-13-22)33-27(28,29)30)20-25(26)31-18-8-7-11-21-9-5-4-6-10-21/h4-6,9-10,12-17,20,31H,2-3,7-8,11,18-19H2,1H3. The maximum absolute atomic E-state index is 12.4. The Kier molecular flexibility index (Phi) is 9.04. The third-order valence-corrected chi connectivity index (χ3v) is 5.21. The van der Waals surface area contributed by atoms with Gasteiger partial charge in [-0.2, -0.15) is 0 Å². The molecule has 0 aliphatic rings. The highest BCUT2D eigenvalue weighted by atomic mass is 19.4. The van der Waals surface area contributed by atoms with Gasteiger partial charge in [-0.25, -0.2) is 0 Å². The molecular weight excluding hydrogens is 427 g/mol. The number of nitrogens with one attached hydrogen (secondary N) is 1. The number of hydrogen-bond acceptors (Lipinski definition) is 3. The Hall–Kier alpha value is -3.15. The molecule has 3 aromatic carbocycles. The van der Waals surface area contributed by atoms with Gasteiger partial charge in [0.25, 0.3) is 0 Å². The Morgan fingerprint density at radius 2 is 1.55 bits per heavy atom. The summed E-state index contributed by atoms with van der Waals surface area (Å²) in [6, 6.07) is 22.1. The molecule has 3 aromatic rings. The normalized spacial score (nSPS) is 11.3. The van der Waals surface area contributed by atoms with E-state index >= 15 is 0 Å². The Morgan fingerprint density at radius 3 is 2.24 bits per heavy atom. The third kappa shape index (κ3) is 8.37. The van der Waals surface area contributed by atoms with Crippen molar-refractivity contribution in [2.24, 2.45) is 0 Å². The molecule has 33 heavy (non-hydrogen) atoms. The SMILES string of the molecule is CCCCOc1ccc(-c2ccc(OC(F)(F)F)cc2)cc1NCCCCc1ccccc1. The molecule has 0 heterocycles. The number of benzene rings is 3. The molecule has 0 atom stereocenters. The van der Waals surface area contributed by atoms with E-state index in [9.17, 15) is 13.2 Å². The van der Waals surface area contributed by atoms with Gasteiger partial charge in [0.1, 0.15) is 11.5 Å². The van der Waals surface area contributed by atoms with Gasteiger partial charge in [-0.3, -0.25) is 0 Å². The summed E-state index contributed by atoms with van der Waals surface area (Å²) in [5.74, 6) is 0.551. The van der Waals surface area contributed by atoms with E-state index in [0.29, 0.717) is 6.61 Å². The monoisotopic (exact) mass is 457 g/mol. The summed E-state index contributed by atoms with van der Waals surface area (Å²) in [5, 5.41) is 3.48. The largest absolute Gasteiger partial charge is 0.573 e. The zero-order valence-electron chi connectivity index (χ0n) is 18.8. The average Bonchev–Trinajstić information content (AvgIpc) is 2.80. The van der Waals surface area contributed by atoms with Gasteiger partial charge in [0, 0.05) is 6.54 Å². The van der Waals surface area contributed by atoms with Crippen LogP contribution < -0.4 is 14.8 Å². The van der Waals surface area contributed by atoms with Gasteiger partial charge >= 0.3 is 6.36 Å². The number of rotatable bonds is 12. The molecule has 1 N–H and O–H groups in total. The van der Waals surface area contributed by atoms with Crippen molar-refractivity contribution in [2.75, 3.05) is 18.5 Å². The highest BCUT2D eigenvalue weighted by molar-refractivity contribution is 5.72. The molecule has 0 saturated carbocycles. The first-order valence-electron chi connectivity index (χ1n) is 11.4. The van der Waals surface area contributed by atoms with Gasteiger partial charge in [0.05, 0.1) is 12.3 Å². The minimum Gasteiger partial charge on any atom is -0.491 e. The lowest BCUT2D eigenvalue weighted by molar-refractivity contribution is -0.274. The molecule has 0 aliphatic heterocycles. The van der Waals surface area contributed by atoms with Gasteiger partial charge in [-0.1, -0.05) is 61.9 Å². The Morgan fingerprint density at radius 1 is 0.818 bits per heavy atom. The van der Waals surface area contributed by atoms with Crippen molar-refractivity contribution in [3.8, 4) is 22.6 Å². The maximum atomic E-state index is 12.4. The van der Waals surface area contributed by atoms with Crippen molar-refractivity contribution >= 4 is 5.69 Å². The van der Waals surface area contributed by atoms with E-state index in [4.69, 9.17) is 4.74 Å². The fourth-order valence-corrected chi connectivity index (χ4v) is 3.47. The Balaban J connectivity index is 1.65. The molecular formula is C27H30F3NO2. The first-order chi connectivity index (χ1) is 15.9. The molecule has 6 heteroatoms. The Bertz CT molecular complexity index is 973. The fraction of sp³-hybridized carbons (Fsp3) is 0.333. The molecule has 0 unspecified atom stereocenters. The molecule has 0 saturated heterocycles. The lowest BCUT2D eigenvalue weighted by Gasteiger charge is -2.15. The quantitative estimate of drug-likeness (QED) is 0.281. The zero-order valence-corrected chi connectivity index (χ0v) is 18.8. The second-order valence-corrected chi connectivity index (χ2v) is 7.85. The van der Waals surface area contributed by atoms with Gasteiger partial charge in [-0.05, 0) is 66.6 Å². The predicted molar refractivity (Wildman–Crippen MR) is 127 cm³/mol. The van der Waals surface area contributed by atoms with E-state index in [2.05, 4.69) is 41.2 Å². The van der Waals surface area contributed by atoms with E-state index < -0.39 is 6.36 Å². The van der Waals surface area contributed by atoms with Crippen LogP contribution >= 0.6 is 0 Å². The molecule has 0 radical (unpaired) electrons. The zero-order chi connectivity index (χ0) is 23.5. The lowest BCUT2D eigenvalue weighted by atomic mass is 10.0. The number of hydrogen-bond donors (Lipinski definition) is 1. The fourth-order valence-electron chi connectivity index (χ4n) is 3.47. The van der Waals surface area contributed by atoms with Crippen LogP contribution in [0.15, 0.2) is 72.8 Å². The van der Waals surface area contributed by atoms with Gasteiger partial charge in [0.15, 0.2) is 0 Å². The van der Waals surface area contributed by atoms with Crippen LogP contribution in [0.4, 0.5) is 18.9 Å². The second-order valence-electron chi connectivity index (χ2n) is 7.85. The van der Waals surface area contributed by atoms with E-state index in [0.717, 1.165) is 61.2 Å². The number of ether oxygens (including phenoxy) is 2. The lowest BCUT2D eigenvalue weighted by Crippen LogP contribution is -2.16. The van der Waals surface area contributed by atoms with Gasteiger partial charge in [-0.15, -0.1) is 13.2 Å². The second kappa shape index (κ2) is 12.2. The number of anilines is 1. The molecule has 0 aliphatic carbocycles. The first-order valence-corrected chi connectivity index (χ1v) is 11.4. The highest BCUT2D eigenvalue weighted by Crippen LogP contribution is 2.32. The van der Waals surface area contributed by atoms with Crippen molar-refractivity contribution in [3.05, 3.63) is 78.4 Å². The predicted octanol–water partition coefficient (Wildman–Crippen LogP) is 7.87. The summed E-state index contributed by atoms with van der Waals surface area (Å²) in [5.41, 5.74) is 3.92. The van der Waals surface area contributed by atoms with Crippen LogP contribution in [0.3, 0.4) is 0 Å². The van der Waals surface area contributed by atoms with E-state index in [-0.39, 0.29) is 5.75 Å². The summed E-state index contributed by atoms with van der Waals surface area (Å²) in [7, 11) is 0. The van der Waals surface area contributed by atoms with Crippen molar-refractivity contribution in [3.63, 3.8) is 0 Å². The third-order valence-electron chi connectivity index (χ3n) is 5.21. The highest BCUT2D eigenvalue weighted by Gasteiger charge is 2.30. The number of unbranched alkanes of at least 4 members (excludes halogenated alkanes) is 2. The molecule has 0 aromatic heterocycles. The van der Waals surface area contributed by atoms with Crippen LogP contribution in [-0.4, -0.2) is 19.5 Å². The van der Waals surface area contributed by atoms with Gasteiger partial charge in [0.2, 0.25) is 0 Å².